The van der Waals surface area contributed by atoms with Gasteiger partial charge in [-0.25, -0.2) is 0 Å². The molecule has 2 aliphatic rings. The van der Waals surface area contributed by atoms with Gasteiger partial charge in [0, 0.05) is 13.0 Å². The highest BCUT2D eigenvalue weighted by Crippen LogP contribution is 2.43. The van der Waals surface area contributed by atoms with Gasteiger partial charge in [-0.15, -0.1) is 0 Å². The Hall–Kier alpha value is -1.26. The number of aliphatic imine (C=N–C) groups is 1. The zero-order chi connectivity index (χ0) is 14.4. The molecule has 0 aromatic heterocycles. The topological polar surface area (TPSA) is 50.9 Å². The molecule has 1 fully saturated rings. The Balaban J connectivity index is 2.03. The first-order valence-corrected chi connectivity index (χ1v) is 7.30. The largest absolute Gasteiger partial charge is 0.375 e. The van der Waals surface area contributed by atoms with E-state index >= 15 is 0 Å². The lowest BCUT2D eigenvalue weighted by Crippen LogP contribution is -2.58. The van der Waals surface area contributed by atoms with Gasteiger partial charge in [0.15, 0.2) is 5.96 Å². The van der Waals surface area contributed by atoms with Gasteiger partial charge in [0.25, 0.3) is 0 Å². The van der Waals surface area contributed by atoms with Crippen LogP contribution < -0.4 is 10.6 Å². The minimum Gasteiger partial charge on any atom is -0.375 e. The number of ether oxygens (including phenoxy) is 1. The molecule has 108 valence electrons. The summed E-state index contributed by atoms with van der Waals surface area (Å²) >= 11 is 6.36. The number of guanidine groups is 1. The number of anilines is 1. The average Bonchev–Trinajstić information content (AvgIpc) is 2.66. The molecule has 1 atom stereocenters. The van der Waals surface area contributed by atoms with Crippen LogP contribution in [0.2, 0.25) is 5.02 Å². The van der Waals surface area contributed by atoms with Gasteiger partial charge in [-0.2, -0.15) is 0 Å². The highest BCUT2D eigenvalue weighted by molar-refractivity contribution is 6.34. The lowest BCUT2D eigenvalue weighted by atomic mass is 9.80. The molecule has 1 saturated heterocycles. The van der Waals surface area contributed by atoms with Crippen molar-refractivity contribution in [3.63, 3.8) is 0 Å². The molecule has 3 rings (SSSR count). The second-order valence-electron chi connectivity index (χ2n) is 6.22. The Morgan fingerprint density at radius 1 is 1.35 bits per heavy atom. The molecule has 1 aromatic rings. The fourth-order valence-corrected chi connectivity index (χ4v) is 3.62. The quantitative estimate of drug-likeness (QED) is 0.866. The van der Waals surface area contributed by atoms with E-state index in [1.807, 2.05) is 24.3 Å². The standard InChI is InChI=1S/C15H20ClN3O/c1-14(2)9-15(7-8-20-14)10-18-13(17)19(15)12-6-4-3-5-11(12)16/h3-6H,7-10H2,1-2H3,(H2,17,18). The Bertz CT molecular complexity index is 558. The number of benzene rings is 1. The summed E-state index contributed by atoms with van der Waals surface area (Å²) in [6.45, 7) is 5.66. The summed E-state index contributed by atoms with van der Waals surface area (Å²) < 4.78 is 5.85. The molecular formula is C15H20ClN3O. The van der Waals surface area contributed by atoms with Crippen molar-refractivity contribution in [2.45, 2.75) is 37.8 Å². The number of hydrogen-bond acceptors (Lipinski definition) is 4. The Morgan fingerprint density at radius 2 is 2.10 bits per heavy atom. The van der Waals surface area contributed by atoms with E-state index in [1.165, 1.54) is 0 Å². The summed E-state index contributed by atoms with van der Waals surface area (Å²) in [5.74, 6) is 0.552. The molecule has 0 saturated carbocycles. The second kappa shape index (κ2) is 4.64. The fraction of sp³-hybridized carbons (Fsp3) is 0.533. The molecule has 20 heavy (non-hydrogen) atoms. The van der Waals surface area contributed by atoms with Crippen LogP contribution in [0.3, 0.4) is 0 Å². The molecule has 1 spiro atoms. The molecule has 0 amide bonds. The molecule has 2 aliphatic heterocycles. The number of nitrogens with zero attached hydrogens (tertiary/aromatic N) is 2. The lowest BCUT2D eigenvalue weighted by Gasteiger charge is -2.47. The van der Waals surface area contributed by atoms with E-state index < -0.39 is 0 Å². The summed E-state index contributed by atoms with van der Waals surface area (Å²) in [7, 11) is 0. The van der Waals surface area contributed by atoms with Gasteiger partial charge in [0.2, 0.25) is 0 Å². The van der Waals surface area contributed by atoms with Crippen molar-refractivity contribution in [1.82, 2.24) is 0 Å². The number of nitrogens with two attached hydrogens (primary N) is 1. The number of para-hydroxylation sites is 1. The molecule has 2 N–H and O–H groups in total. The van der Waals surface area contributed by atoms with E-state index in [-0.39, 0.29) is 11.1 Å². The molecule has 0 radical (unpaired) electrons. The van der Waals surface area contributed by atoms with Gasteiger partial charge in [0.1, 0.15) is 0 Å². The predicted octanol–water partition coefficient (Wildman–Crippen LogP) is 2.80. The van der Waals surface area contributed by atoms with Crippen molar-refractivity contribution in [3.05, 3.63) is 29.3 Å². The molecule has 0 aliphatic carbocycles. The van der Waals surface area contributed by atoms with Crippen LogP contribution in [0.25, 0.3) is 0 Å². The van der Waals surface area contributed by atoms with Gasteiger partial charge >= 0.3 is 0 Å². The Morgan fingerprint density at radius 3 is 2.80 bits per heavy atom. The molecule has 5 heteroatoms. The zero-order valence-electron chi connectivity index (χ0n) is 11.9. The summed E-state index contributed by atoms with van der Waals surface area (Å²) in [6, 6.07) is 7.79. The fourth-order valence-electron chi connectivity index (χ4n) is 3.40. The summed E-state index contributed by atoms with van der Waals surface area (Å²) in [6.07, 6.45) is 1.79. The lowest BCUT2D eigenvalue weighted by molar-refractivity contribution is -0.0757. The van der Waals surface area contributed by atoms with Gasteiger partial charge in [-0.05, 0) is 32.4 Å². The van der Waals surface area contributed by atoms with Crippen LogP contribution in [0.4, 0.5) is 5.69 Å². The van der Waals surface area contributed by atoms with E-state index in [0.717, 1.165) is 25.1 Å². The van der Waals surface area contributed by atoms with Gasteiger partial charge in [0.05, 0.1) is 28.4 Å². The van der Waals surface area contributed by atoms with E-state index in [4.69, 9.17) is 22.1 Å². The van der Waals surface area contributed by atoms with Crippen molar-refractivity contribution in [3.8, 4) is 0 Å². The van der Waals surface area contributed by atoms with Crippen LogP contribution in [0, 0.1) is 0 Å². The van der Waals surface area contributed by atoms with Crippen LogP contribution in [0.5, 0.6) is 0 Å². The van der Waals surface area contributed by atoms with Crippen LogP contribution >= 0.6 is 11.6 Å². The highest BCUT2D eigenvalue weighted by Gasteiger charge is 2.49. The van der Waals surface area contributed by atoms with Crippen molar-refractivity contribution in [2.24, 2.45) is 10.7 Å². The molecule has 1 aromatic carbocycles. The van der Waals surface area contributed by atoms with Crippen molar-refractivity contribution >= 4 is 23.2 Å². The third kappa shape index (κ3) is 2.17. The molecule has 1 unspecified atom stereocenters. The van der Waals surface area contributed by atoms with E-state index in [9.17, 15) is 0 Å². The summed E-state index contributed by atoms with van der Waals surface area (Å²) in [5.41, 5.74) is 6.80. The van der Waals surface area contributed by atoms with Crippen molar-refractivity contribution in [2.75, 3.05) is 18.1 Å². The number of halogens is 1. The van der Waals surface area contributed by atoms with Crippen LogP contribution in [-0.4, -0.2) is 30.3 Å². The molecule has 0 bridgehead atoms. The smallest absolute Gasteiger partial charge is 0.196 e. The van der Waals surface area contributed by atoms with Gasteiger partial charge < -0.3 is 15.4 Å². The van der Waals surface area contributed by atoms with E-state index in [2.05, 4.69) is 23.7 Å². The minimum absolute atomic E-state index is 0.114. The van der Waals surface area contributed by atoms with E-state index in [0.29, 0.717) is 17.5 Å². The van der Waals surface area contributed by atoms with Gasteiger partial charge in [-0.1, -0.05) is 23.7 Å². The first-order chi connectivity index (χ1) is 9.44. The minimum atomic E-state index is -0.169. The monoisotopic (exact) mass is 293 g/mol. The van der Waals surface area contributed by atoms with Crippen LogP contribution in [0.1, 0.15) is 26.7 Å². The molecule has 4 nitrogen and oxygen atoms in total. The first-order valence-electron chi connectivity index (χ1n) is 6.92. The third-order valence-electron chi connectivity index (χ3n) is 4.15. The van der Waals surface area contributed by atoms with Gasteiger partial charge in [-0.3, -0.25) is 4.99 Å². The number of rotatable bonds is 1. The SMILES string of the molecule is CC1(C)CC2(CCO1)CN=C(N)N2c1ccccc1Cl. The maximum Gasteiger partial charge on any atom is 0.196 e. The summed E-state index contributed by atoms with van der Waals surface area (Å²) in [4.78, 5) is 6.59. The maximum atomic E-state index is 6.36. The van der Waals surface area contributed by atoms with E-state index in [1.54, 1.807) is 0 Å². The first kappa shape index (κ1) is 13.7. The number of hydrogen-bond donors (Lipinski definition) is 1. The average molecular weight is 294 g/mol. The molecule has 2 heterocycles. The van der Waals surface area contributed by atoms with Crippen LogP contribution in [0.15, 0.2) is 29.3 Å². The van der Waals surface area contributed by atoms with Crippen molar-refractivity contribution in [1.29, 1.82) is 0 Å². The maximum absolute atomic E-state index is 6.36. The predicted molar refractivity (Wildman–Crippen MR) is 82.4 cm³/mol. The second-order valence-corrected chi connectivity index (χ2v) is 6.63. The Kier molecular flexibility index (Phi) is 3.18. The normalized spacial score (nSPS) is 28.8. The molecular weight excluding hydrogens is 274 g/mol. The highest BCUT2D eigenvalue weighted by atomic mass is 35.5. The zero-order valence-corrected chi connectivity index (χ0v) is 12.7. The van der Waals surface area contributed by atoms with Crippen molar-refractivity contribution < 1.29 is 4.74 Å². The third-order valence-corrected chi connectivity index (χ3v) is 4.47. The van der Waals surface area contributed by atoms with Crippen LogP contribution in [-0.2, 0) is 4.74 Å². The summed E-state index contributed by atoms with van der Waals surface area (Å²) in [5, 5.41) is 0.705. The Labute approximate surface area is 124 Å².